The van der Waals surface area contributed by atoms with E-state index in [0.717, 1.165) is 5.75 Å². The fourth-order valence-electron chi connectivity index (χ4n) is 1.34. The van der Waals surface area contributed by atoms with Gasteiger partial charge in [0.1, 0.15) is 5.75 Å². The van der Waals surface area contributed by atoms with E-state index in [0.29, 0.717) is 13.0 Å². The number of amides is 1. The first kappa shape index (κ1) is 15.6. The second-order valence-corrected chi connectivity index (χ2v) is 3.91. The van der Waals surface area contributed by atoms with Gasteiger partial charge in [-0.3, -0.25) is 9.59 Å². The molecule has 0 heterocycles. The number of carbonyl (C=O) groups excluding carboxylic acids is 2. The van der Waals surface area contributed by atoms with Gasteiger partial charge >= 0.3 is 5.97 Å². The Bertz CT molecular complexity index is 465. The molecule has 0 atom stereocenters. The van der Waals surface area contributed by atoms with E-state index >= 15 is 0 Å². The average Bonchev–Trinajstić information content (AvgIpc) is 2.48. The third-order valence-electron chi connectivity index (χ3n) is 2.29. The van der Waals surface area contributed by atoms with Crippen molar-refractivity contribution in [2.24, 2.45) is 0 Å². The minimum atomic E-state index is -0.433. The zero-order valence-electron chi connectivity index (χ0n) is 11.1. The first-order chi connectivity index (χ1) is 9.72. The molecule has 0 bridgehead atoms. The first-order valence-electron chi connectivity index (χ1n) is 6.26. The monoisotopic (exact) mass is 275 g/mol. The Morgan fingerprint density at radius 2 is 2.00 bits per heavy atom. The van der Waals surface area contributed by atoms with Gasteiger partial charge < -0.3 is 14.8 Å². The number of benzene rings is 1. The molecule has 0 aliphatic rings. The van der Waals surface area contributed by atoms with Gasteiger partial charge in [0.05, 0.1) is 13.2 Å². The standard InChI is InChI=1S/C15H17NO4/c1-2-10-16-14(17)12-20-15(18)9-6-11-19-13-7-4-3-5-8-13/h1,3-5,7-8H,6,9-12H2,(H,16,17). The zero-order chi connectivity index (χ0) is 14.6. The van der Waals surface area contributed by atoms with Crippen molar-refractivity contribution >= 4 is 11.9 Å². The molecule has 0 unspecified atom stereocenters. The minimum Gasteiger partial charge on any atom is -0.494 e. The zero-order valence-corrected chi connectivity index (χ0v) is 11.1. The first-order valence-corrected chi connectivity index (χ1v) is 6.26. The second-order valence-electron chi connectivity index (χ2n) is 3.91. The normalized spacial score (nSPS) is 9.35. The number of esters is 1. The van der Waals surface area contributed by atoms with Crippen LogP contribution in [0.4, 0.5) is 0 Å². The maximum absolute atomic E-state index is 11.3. The lowest BCUT2D eigenvalue weighted by Crippen LogP contribution is -2.29. The number of carbonyl (C=O) groups is 2. The summed E-state index contributed by atoms with van der Waals surface area (Å²) in [6, 6.07) is 9.33. The fourth-order valence-corrected chi connectivity index (χ4v) is 1.34. The van der Waals surface area contributed by atoms with Gasteiger partial charge in [-0.05, 0) is 18.6 Å². The molecule has 1 amide bonds. The van der Waals surface area contributed by atoms with Crippen LogP contribution in [0, 0.1) is 12.3 Å². The summed E-state index contributed by atoms with van der Waals surface area (Å²) in [6.07, 6.45) is 5.71. The van der Waals surface area contributed by atoms with E-state index in [4.69, 9.17) is 15.9 Å². The molecule has 20 heavy (non-hydrogen) atoms. The molecule has 1 rings (SSSR count). The number of nitrogens with one attached hydrogen (secondary N) is 1. The quantitative estimate of drug-likeness (QED) is 0.439. The summed E-state index contributed by atoms with van der Waals surface area (Å²) < 4.78 is 10.2. The van der Waals surface area contributed by atoms with Crippen LogP contribution in [0.15, 0.2) is 30.3 Å². The molecule has 0 saturated heterocycles. The van der Waals surface area contributed by atoms with E-state index in [-0.39, 0.29) is 19.6 Å². The Labute approximate surface area is 118 Å². The summed E-state index contributed by atoms with van der Waals surface area (Å²) in [4.78, 5) is 22.4. The minimum absolute atomic E-state index is 0.126. The molecule has 5 heteroatoms. The van der Waals surface area contributed by atoms with Crippen molar-refractivity contribution in [3.63, 3.8) is 0 Å². The summed E-state index contributed by atoms with van der Waals surface area (Å²) in [7, 11) is 0. The third kappa shape index (κ3) is 7.07. The SMILES string of the molecule is C#CCNC(=O)COC(=O)CCCOc1ccccc1. The average molecular weight is 275 g/mol. The van der Waals surface area contributed by atoms with Crippen LogP contribution in [0.3, 0.4) is 0 Å². The van der Waals surface area contributed by atoms with Gasteiger partial charge in [0.2, 0.25) is 0 Å². The van der Waals surface area contributed by atoms with Crippen molar-refractivity contribution in [1.29, 1.82) is 0 Å². The fraction of sp³-hybridized carbons (Fsp3) is 0.333. The van der Waals surface area contributed by atoms with Crippen LogP contribution in [0.25, 0.3) is 0 Å². The van der Waals surface area contributed by atoms with Crippen molar-refractivity contribution < 1.29 is 19.1 Å². The number of terminal acetylenes is 1. The van der Waals surface area contributed by atoms with Gasteiger partial charge in [0, 0.05) is 6.42 Å². The Balaban J connectivity index is 2.06. The predicted molar refractivity (Wildman–Crippen MR) is 74.0 cm³/mol. The summed E-state index contributed by atoms with van der Waals surface area (Å²) in [6.45, 7) is 0.240. The molecule has 0 fully saturated rings. The lowest BCUT2D eigenvalue weighted by molar-refractivity contribution is -0.148. The van der Waals surface area contributed by atoms with Gasteiger partial charge in [0.15, 0.2) is 6.61 Å². The molecule has 1 N–H and O–H groups in total. The molecule has 1 aromatic carbocycles. The van der Waals surface area contributed by atoms with Crippen LogP contribution in [0.1, 0.15) is 12.8 Å². The number of hydrogen-bond donors (Lipinski definition) is 1. The lowest BCUT2D eigenvalue weighted by atomic mass is 10.3. The Morgan fingerprint density at radius 3 is 2.70 bits per heavy atom. The van der Waals surface area contributed by atoms with Crippen molar-refractivity contribution in [2.75, 3.05) is 19.8 Å². The van der Waals surface area contributed by atoms with Crippen molar-refractivity contribution in [3.05, 3.63) is 30.3 Å². The largest absolute Gasteiger partial charge is 0.494 e. The van der Waals surface area contributed by atoms with Crippen molar-refractivity contribution in [1.82, 2.24) is 5.32 Å². The highest BCUT2D eigenvalue weighted by molar-refractivity contribution is 5.80. The molecular formula is C15H17NO4. The predicted octanol–water partition coefficient (Wildman–Crippen LogP) is 1.14. The molecule has 0 radical (unpaired) electrons. The lowest BCUT2D eigenvalue weighted by Gasteiger charge is -2.06. The maximum atomic E-state index is 11.3. The van der Waals surface area contributed by atoms with E-state index in [2.05, 4.69) is 11.2 Å². The number of ether oxygens (including phenoxy) is 2. The molecular weight excluding hydrogens is 258 g/mol. The molecule has 0 aromatic heterocycles. The van der Waals surface area contributed by atoms with Crippen LogP contribution < -0.4 is 10.1 Å². The highest BCUT2D eigenvalue weighted by Crippen LogP contribution is 2.08. The topological polar surface area (TPSA) is 64.6 Å². The molecule has 5 nitrogen and oxygen atoms in total. The number of rotatable bonds is 8. The van der Waals surface area contributed by atoms with E-state index in [1.54, 1.807) is 0 Å². The molecule has 1 aromatic rings. The Kier molecular flexibility index (Phi) is 7.36. The van der Waals surface area contributed by atoms with Crippen LogP contribution in [0.5, 0.6) is 5.75 Å². The third-order valence-corrected chi connectivity index (χ3v) is 2.29. The molecule has 106 valence electrons. The highest BCUT2D eigenvalue weighted by atomic mass is 16.5. The molecule has 0 aliphatic carbocycles. The van der Waals surface area contributed by atoms with Gasteiger partial charge in [-0.25, -0.2) is 0 Å². The highest BCUT2D eigenvalue weighted by Gasteiger charge is 2.06. The van der Waals surface area contributed by atoms with Crippen LogP contribution in [0.2, 0.25) is 0 Å². The van der Waals surface area contributed by atoms with Crippen LogP contribution in [-0.2, 0) is 14.3 Å². The van der Waals surface area contributed by atoms with E-state index < -0.39 is 11.9 Å². The molecule has 0 aliphatic heterocycles. The smallest absolute Gasteiger partial charge is 0.306 e. The van der Waals surface area contributed by atoms with Crippen molar-refractivity contribution in [2.45, 2.75) is 12.8 Å². The summed E-state index contributed by atoms with van der Waals surface area (Å²) in [5.74, 6) is 2.17. The van der Waals surface area contributed by atoms with Gasteiger partial charge in [-0.2, -0.15) is 0 Å². The number of hydrogen-bond acceptors (Lipinski definition) is 4. The second kappa shape index (κ2) is 9.45. The van der Waals surface area contributed by atoms with E-state index in [1.165, 1.54) is 0 Å². The van der Waals surface area contributed by atoms with Crippen LogP contribution >= 0.6 is 0 Å². The van der Waals surface area contributed by atoms with E-state index in [1.807, 2.05) is 30.3 Å². The molecule has 0 spiro atoms. The van der Waals surface area contributed by atoms with Crippen molar-refractivity contribution in [3.8, 4) is 18.1 Å². The summed E-state index contributed by atoms with van der Waals surface area (Å²) >= 11 is 0. The maximum Gasteiger partial charge on any atom is 0.306 e. The van der Waals surface area contributed by atoms with Gasteiger partial charge in [-0.1, -0.05) is 24.1 Å². The Morgan fingerprint density at radius 1 is 1.25 bits per heavy atom. The van der Waals surface area contributed by atoms with Gasteiger partial charge in [-0.15, -0.1) is 6.42 Å². The number of para-hydroxylation sites is 1. The van der Waals surface area contributed by atoms with E-state index in [9.17, 15) is 9.59 Å². The van der Waals surface area contributed by atoms with Gasteiger partial charge in [0.25, 0.3) is 5.91 Å². The Hall–Kier alpha value is -2.48. The molecule has 0 saturated carbocycles. The summed E-state index contributed by atoms with van der Waals surface area (Å²) in [5.41, 5.74) is 0. The van der Waals surface area contributed by atoms with Crippen LogP contribution in [-0.4, -0.2) is 31.6 Å². The summed E-state index contributed by atoms with van der Waals surface area (Å²) in [5, 5.41) is 2.40.